The molecule has 2 aromatic rings. The molecule has 30 heavy (non-hydrogen) atoms. The number of nitrogens with one attached hydrogen (secondary N) is 1. The quantitative estimate of drug-likeness (QED) is 0.813. The second-order valence-corrected chi connectivity index (χ2v) is 8.67. The molecule has 0 bridgehead atoms. The van der Waals surface area contributed by atoms with Crippen LogP contribution in [0, 0.1) is 11.2 Å². The molecule has 4 rings (SSSR count). The van der Waals surface area contributed by atoms with Crippen LogP contribution in [0.2, 0.25) is 0 Å². The molecule has 162 valence electrons. The van der Waals surface area contributed by atoms with Crippen molar-refractivity contribution in [2.45, 2.75) is 58.8 Å². The summed E-state index contributed by atoms with van der Waals surface area (Å²) in [6, 6.07) is 7.05. The molecule has 1 aromatic carbocycles. The standard InChI is InChI=1S/C22H30FN5O2/c1-3-16(2)24-21(29)20-26-25-19-13-30-15-22(14-28(19)20)8-10-27(11-9-22)12-17-6-4-5-7-18(17)23/h4-7,16H,3,8-15H2,1-2H3,(H,24,29)/t16-/m0/s1. The number of fused-ring (bicyclic) bond motifs is 1. The lowest BCUT2D eigenvalue weighted by Crippen LogP contribution is -2.44. The number of hydrogen-bond acceptors (Lipinski definition) is 5. The zero-order valence-electron chi connectivity index (χ0n) is 17.7. The molecule has 1 atom stereocenters. The Kier molecular flexibility index (Phi) is 6.15. The van der Waals surface area contributed by atoms with Crippen LogP contribution in [0.25, 0.3) is 0 Å². The Balaban J connectivity index is 1.45. The molecular weight excluding hydrogens is 385 g/mol. The van der Waals surface area contributed by atoms with Crippen LogP contribution < -0.4 is 5.32 Å². The molecule has 0 unspecified atom stereocenters. The summed E-state index contributed by atoms with van der Waals surface area (Å²) in [7, 11) is 0. The van der Waals surface area contributed by atoms with Gasteiger partial charge in [0.25, 0.3) is 5.91 Å². The molecule has 7 nitrogen and oxygen atoms in total. The van der Waals surface area contributed by atoms with Crippen molar-refractivity contribution in [3.63, 3.8) is 0 Å². The summed E-state index contributed by atoms with van der Waals surface area (Å²) in [5.41, 5.74) is 0.667. The molecule has 2 aliphatic rings. The van der Waals surface area contributed by atoms with Crippen molar-refractivity contribution >= 4 is 5.91 Å². The first-order valence-electron chi connectivity index (χ1n) is 10.8. The molecule has 1 saturated heterocycles. The number of piperidine rings is 1. The molecule has 3 heterocycles. The van der Waals surface area contributed by atoms with Gasteiger partial charge in [-0.05, 0) is 45.3 Å². The van der Waals surface area contributed by atoms with E-state index in [1.54, 1.807) is 6.07 Å². The lowest BCUT2D eigenvalue weighted by atomic mass is 9.78. The highest BCUT2D eigenvalue weighted by Crippen LogP contribution is 2.37. The van der Waals surface area contributed by atoms with Crippen molar-refractivity contribution in [2.24, 2.45) is 5.41 Å². The van der Waals surface area contributed by atoms with Crippen molar-refractivity contribution in [1.29, 1.82) is 0 Å². The van der Waals surface area contributed by atoms with Gasteiger partial charge < -0.3 is 14.6 Å². The Morgan fingerprint density at radius 3 is 2.80 bits per heavy atom. The SMILES string of the molecule is CC[C@H](C)NC(=O)c1nnc2n1CC1(CCN(Cc3ccccc3F)CC1)COC2. The van der Waals surface area contributed by atoms with Gasteiger partial charge in [0.1, 0.15) is 12.4 Å². The first-order chi connectivity index (χ1) is 14.5. The lowest BCUT2D eigenvalue weighted by Gasteiger charge is -2.41. The topological polar surface area (TPSA) is 72.3 Å². The van der Waals surface area contributed by atoms with Gasteiger partial charge in [-0.15, -0.1) is 10.2 Å². The summed E-state index contributed by atoms with van der Waals surface area (Å²) in [4.78, 5) is 15.0. The van der Waals surface area contributed by atoms with Crippen molar-refractivity contribution in [3.05, 3.63) is 47.3 Å². The normalized spacial score (nSPS) is 19.8. The summed E-state index contributed by atoms with van der Waals surface area (Å²) in [6.45, 7) is 8.03. The van der Waals surface area contributed by atoms with Gasteiger partial charge in [0.15, 0.2) is 5.82 Å². The number of nitrogens with zero attached hydrogens (tertiary/aromatic N) is 4. The molecule has 2 aliphatic heterocycles. The van der Waals surface area contributed by atoms with E-state index in [-0.39, 0.29) is 23.2 Å². The second-order valence-electron chi connectivity index (χ2n) is 8.67. The lowest BCUT2D eigenvalue weighted by molar-refractivity contribution is -0.00586. The zero-order valence-corrected chi connectivity index (χ0v) is 17.7. The smallest absolute Gasteiger partial charge is 0.289 e. The number of halogens is 1. The summed E-state index contributed by atoms with van der Waals surface area (Å²) >= 11 is 0. The average Bonchev–Trinajstić information content (AvgIpc) is 3.05. The summed E-state index contributed by atoms with van der Waals surface area (Å²) < 4.78 is 21.9. The van der Waals surface area contributed by atoms with Crippen LogP contribution in [-0.2, 0) is 24.4 Å². The van der Waals surface area contributed by atoms with Gasteiger partial charge in [0.05, 0.1) is 6.61 Å². The molecule has 1 fully saturated rings. The summed E-state index contributed by atoms with van der Waals surface area (Å²) in [5, 5.41) is 11.3. The van der Waals surface area contributed by atoms with E-state index in [9.17, 15) is 9.18 Å². The van der Waals surface area contributed by atoms with Gasteiger partial charge in [-0.25, -0.2) is 4.39 Å². The minimum Gasteiger partial charge on any atom is -0.373 e. The van der Waals surface area contributed by atoms with Crippen LogP contribution in [0.1, 0.15) is 55.1 Å². The molecule has 0 aliphatic carbocycles. The number of carbonyl (C=O) groups is 1. The molecule has 1 aromatic heterocycles. The Hall–Kier alpha value is -2.32. The maximum Gasteiger partial charge on any atom is 0.289 e. The fourth-order valence-corrected chi connectivity index (χ4v) is 4.26. The van der Waals surface area contributed by atoms with Gasteiger partial charge >= 0.3 is 0 Å². The second kappa shape index (κ2) is 8.81. The van der Waals surface area contributed by atoms with Crippen molar-refractivity contribution < 1.29 is 13.9 Å². The first kappa shape index (κ1) is 20.9. The van der Waals surface area contributed by atoms with Crippen LogP contribution in [0.15, 0.2) is 24.3 Å². The van der Waals surface area contributed by atoms with Crippen LogP contribution in [0.5, 0.6) is 0 Å². The van der Waals surface area contributed by atoms with Crippen LogP contribution in [-0.4, -0.2) is 51.3 Å². The van der Waals surface area contributed by atoms with Gasteiger partial charge in [0.2, 0.25) is 5.82 Å². The largest absolute Gasteiger partial charge is 0.373 e. The number of rotatable bonds is 5. The van der Waals surface area contributed by atoms with Crippen molar-refractivity contribution in [3.8, 4) is 0 Å². The summed E-state index contributed by atoms with van der Waals surface area (Å²) in [6.07, 6.45) is 2.70. The van der Waals surface area contributed by atoms with Gasteiger partial charge in [-0.3, -0.25) is 9.69 Å². The van der Waals surface area contributed by atoms with Gasteiger partial charge in [-0.2, -0.15) is 0 Å². The predicted molar refractivity (Wildman–Crippen MR) is 110 cm³/mol. The molecular formula is C22H30FN5O2. The van der Waals surface area contributed by atoms with E-state index in [0.717, 1.165) is 37.9 Å². The number of ether oxygens (including phenoxy) is 1. The van der Waals surface area contributed by atoms with E-state index in [0.29, 0.717) is 38.0 Å². The third-order valence-electron chi connectivity index (χ3n) is 6.42. The molecule has 1 spiro atoms. The highest BCUT2D eigenvalue weighted by molar-refractivity contribution is 5.90. The Morgan fingerprint density at radius 1 is 1.30 bits per heavy atom. The van der Waals surface area contributed by atoms with Gasteiger partial charge in [0, 0.05) is 30.1 Å². The van der Waals surface area contributed by atoms with E-state index >= 15 is 0 Å². The van der Waals surface area contributed by atoms with Crippen molar-refractivity contribution in [2.75, 3.05) is 19.7 Å². The Bertz CT molecular complexity index is 891. The zero-order chi connectivity index (χ0) is 21.1. The van der Waals surface area contributed by atoms with E-state index < -0.39 is 0 Å². The highest BCUT2D eigenvalue weighted by atomic mass is 19.1. The Labute approximate surface area is 176 Å². The van der Waals surface area contributed by atoms with Gasteiger partial charge in [-0.1, -0.05) is 25.1 Å². The number of hydrogen-bond donors (Lipinski definition) is 1. The van der Waals surface area contributed by atoms with E-state index in [2.05, 4.69) is 20.4 Å². The molecule has 0 radical (unpaired) electrons. The number of likely N-dealkylation sites (tertiary alicyclic amines) is 1. The van der Waals surface area contributed by atoms with E-state index in [4.69, 9.17) is 4.74 Å². The summed E-state index contributed by atoms with van der Waals surface area (Å²) in [5.74, 6) is 0.734. The first-order valence-corrected chi connectivity index (χ1v) is 10.8. The molecule has 1 amide bonds. The van der Waals surface area contributed by atoms with Crippen molar-refractivity contribution in [1.82, 2.24) is 25.0 Å². The minimum atomic E-state index is -0.183. The van der Waals surface area contributed by atoms with Crippen LogP contribution >= 0.6 is 0 Å². The average molecular weight is 416 g/mol. The number of aromatic nitrogens is 3. The number of carbonyl (C=O) groups excluding carboxylic acids is 1. The van der Waals surface area contributed by atoms with Crippen LogP contribution in [0.3, 0.4) is 0 Å². The minimum absolute atomic E-state index is 0.0647. The fraction of sp³-hybridized carbons (Fsp3) is 0.591. The predicted octanol–water partition coefficient (Wildman–Crippen LogP) is 2.76. The highest BCUT2D eigenvalue weighted by Gasteiger charge is 2.39. The number of amides is 1. The van der Waals surface area contributed by atoms with E-state index in [1.165, 1.54) is 6.07 Å². The monoisotopic (exact) mass is 415 g/mol. The Morgan fingerprint density at radius 2 is 2.07 bits per heavy atom. The third kappa shape index (κ3) is 4.39. The molecule has 8 heteroatoms. The maximum atomic E-state index is 14.0. The third-order valence-corrected chi connectivity index (χ3v) is 6.42. The van der Waals surface area contributed by atoms with Crippen LogP contribution in [0.4, 0.5) is 4.39 Å². The molecule has 1 N–H and O–H groups in total. The maximum absolute atomic E-state index is 14.0. The number of benzene rings is 1. The fourth-order valence-electron chi connectivity index (χ4n) is 4.26. The molecule has 0 saturated carbocycles. The van der Waals surface area contributed by atoms with E-state index in [1.807, 2.05) is 30.5 Å².